The van der Waals surface area contributed by atoms with Crippen molar-refractivity contribution < 1.29 is 14.3 Å². The number of carbonyl (C=O) groups is 1. The summed E-state index contributed by atoms with van der Waals surface area (Å²) in [4.78, 5) is 12.0. The zero-order chi connectivity index (χ0) is 16.6. The number of benzene rings is 2. The first-order chi connectivity index (χ1) is 11.8. The molecule has 0 radical (unpaired) electrons. The van der Waals surface area contributed by atoms with Gasteiger partial charge in [0, 0.05) is 12.3 Å². The lowest BCUT2D eigenvalue weighted by atomic mass is 10.1. The molecule has 0 saturated carbocycles. The second kappa shape index (κ2) is 8.50. The normalized spacial score (nSPS) is 16.8. The van der Waals surface area contributed by atoms with Crippen molar-refractivity contribution in [2.75, 3.05) is 18.5 Å². The number of hydrogen-bond donors (Lipinski definition) is 1. The molecule has 1 fully saturated rings. The van der Waals surface area contributed by atoms with Gasteiger partial charge in [-0.3, -0.25) is 4.79 Å². The molecule has 2 aromatic rings. The highest BCUT2D eigenvalue weighted by molar-refractivity contribution is 5.94. The van der Waals surface area contributed by atoms with Crippen molar-refractivity contribution in [2.24, 2.45) is 0 Å². The molecule has 0 bridgehead atoms. The summed E-state index contributed by atoms with van der Waals surface area (Å²) in [6, 6.07) is 17.9. The summed E-state index contributed by atoms with van der Waals surface area (Å²) < 4.78 is 11.1. The molecule has 4 nitrogen and oxygen atoms in total. The first-order valence-electron chi connectivity index (χ1n) is 8.50. The van der Waals surface area contributed by atoms with Gasteiger partial charge in [-0.1, -0.05) is 30.3 Å². The van der Waals surface area contributed by atoms with Crippen molar-refractivity contribution in [3.05, 3.63) is 60.2 Å². The molecule has 24 heavy (non-hydrogen) atoms. The Morgan fingerprint density at radius 1 is 1.12 bits per heavy atom. The van der Waals surface area contributed by atoms with Crippen LogP contribution < -0.4 is 10.1 Å². The van der Waals surface area contributed by atoms with Gasteiger partial charge in [-0.25, -0.2) is 0 Å². The molecule has 1 saturated heterocycles. The second-order valence-corrected chi connectivity index (χ2v) is 5.95. The van der Waals surface area contributed by atoms with Gasteiger partial charge in [0.15, 0.2) is 0 Å². The van der Waals surface area contributed by atoms with Crippen LogP contribution in [-0.4, -0.2) is 25.2 Å². The number of carbonyl (C=O) groups excluding carboxylic acids is 1. The zero-order valence-electron chi connectivity index (χ0n) is 13.7. The highest BCUT2D eigenvalue weighted by atomic mass is 16.5. The van der Waals surface area contributed by atoms with Crippen molar-refractivity contribution in [3.63, 3.8) is 0 Å². The highest BCUT2D eigenvalue weighted by Crippen LogP contribution is 2.18. The van der Waals surface area contributed by atoms with Gasteiger partial charge >= 0.3 is 0 Å². The van der Waals surface area contributed by atoms with Gasteiger partial charge < -0.3 is 14.8 Å². The van der Waals surface area contributed by atoms with Crippen LogP contribution in [0.5, 0.6) is 5.75 Å². The first-order valence-corrected chi connectivity index (χ1v) is 8.50. The monoisotopic (exact) mass is 325 g/mol. The number of aryl methyl sites for hydroxylation is 1. The van der Waals surface area contributed by atoms with E-state index in [1.165, 1.54) is 5.56 Å². The molecule has 0 spiro atoms. The van der Waals surface area contributed by atoms with Crippen LogP contribution in [0.15, 0.2) is 54.6 Å². The highest BCUT2D eigenvalue weighted by Gasteiger charge is 2.23. The van der Waals surface area contributed by atoms with Crippen LogP contribution in [0.1, 0.15) is 24.8 Å². The van der Waals surface area contributed by atoms with Gasteiger partial charge in [-0.05, 0) is 55.5 Å². The van der Waals surface area contributed by atoms with E-state index in [1.807, 2.05) is 30.3 Å². The Kier molecular flexibility index (Phi) is 5.85. The van der Waals surface area contributed by atoms with Crippen LogP contribution in [0.2, 0.25) is 0 Å². The first kappa shape index (κ1) is 16.5. The van der Waals surface area contributed by atoms with E-state index < -0.39 is 0 Å². The quantitative estimate of drug-likeness (QED) is 0.787. The number of nitrogens with one attached hydrogen (secondary N) is 1. The predicted octanol–water partition coefficient (Wildman–Crippen LogP) is 3.82. The lowest BCUT2D eigenvalue weighted by Crippen LogP contribution is -2.26. The summed E-state index contributed by atoms with van der Waals surface area (Å²) in [6.07, 6.45) is 3.43. The standard InChI is InChI=1S/C20H23NO3/c22-20(19-9-5-15-24-19)21-17-10-12-18(13-11-17)23-14-4-8-16-6-2-1-3-7-16/h1-3,6-7,10-13,19H,4-5,8-9,14-15H2,(H,21,22)/t19-/m0/s1. The van der Waals surface area contributed by atoms with Crippen LogP contribution in [0.4, 0.5) is 5.69 Å². The summed E-state index contributed by atoms with van der Waals surface area (Å²) in [5, 5.41) is 2.88. The molecular formula is C20H23NO3. The average molecular weight is 325 g/mol. The average Bonchev–Trinajstić information content (AvgIpc) is 3.16. The Hall–Kier alpha value is -2.33. The van der Waals surface area contributed by atoms with Gasteiger partial charge in [0.05, 0.1) is 6.61 Å². The Morgan fingerprint density at radius 2 is 1.92 bits per heavy atom. The molecule has 3 rings (SSSR count). The minimum Gasteiger partial charge on any atom is -0.494 e. The largest absolute Gasteiger partial charge is 0.494 e. The molecule has 1 amide bonds. The molecule has 0 aliphatic carbocycles. The van der Waals surface area contributed by atoms with Crippen molar-refractivity contribution in [1.29, 1.82) is 0 Å². The van der Waals surface area contributed by atoms with E-state index in [9.17, 15) is 4.79 Å². The molecule has 1 aliphatic rings. The predicted molar refractivity (Wildman–Crippen MR) is 94.3 cm³/mol. The number of ether oxygens (including phenoxy) is 2. The lowest BCUT2D eigenvalue weighted by Gasteiger charge is -2.11. The van der Waals surface area contributed by atoms with Crippen LogP contribution in [0.3, 0.4) is 0 Å². The summed E-state index contributed by atoms with van der Waals surface area (Å²) in [5.41, 5.74) is 2.10. The second-order valence-electron chi connectivity index (χ2n) is 5.95. The number of rotatable bonds is 7. The molecule has 0 aromatic heterocycles. The van der Waals surface area contributed by atoms with Crippen molar-refractivity contribution in [3.8, 4) is 5.75 Å². The topological polar surface area (TPSA) is 47.6 Å². The summed E-state index contributed by atoms with van der Waals surface area (Å²) in [6.45, 7) is 1.35. The SMILES string of the molecule is O=C(Nc1ccc(OCCCc2ccccc2)cc1)[C@@H]1CCCO1. The maximum Gasteiger partial charge on any atom is 0.253 e. The molecule has 1 N–H and O–H groups in total. The van der Waals surface area contributed by atoms with E-state index in [2.05, 4.69) is 29.6 Å². The van der Waals surface area contributed by atoms with Crippen molar-refractivity contribution in [2.45, 2.75) is 31.8 Å². The fourth-order valence-corrected chi connectivity index (χ4v) is 2.75. The minimum atomic E-state index is -0.307. The third-order valence-corrected chi connectivity index (χ3v) is 4.07. The molecule has 1 atom stereocenters. The van der Waals surface area contributed by atoms with Crippen LogP contribution >= 0.6 is 0 Å². The van der Waals surface area contributed by atoms with E-state index in [0.29, 0.717) is 13.2 Å². The lowest BCUT2D eigenvalue weighted by molar-refractivity contribution is -0.124. The number of amides is 1. The summed E-state index contributed by atoms with van der Waals surface area (Å²) in [7, 11) is 0. The molecular weight excluding hydrogens is 302 g/mol. The van der Waals surface area contributed by atoms with Crippen LogP contribution in [-0.2, 0) is 16.0 Å². The number of anilines is 1. The van der Waals surface area contributed by atoms with Gasteiger partial charge in [0.2, 0.25) is 0 Å². The van der Waals surface area contributed by atoms with Gasteiger partial charge in [0.1, 0.15) is 11.9 Å². The zero-order valence-corrected chi connectivity index (χ0v) is 13.7. The van der Waals surface area contributed by atoms with Crippen molar-refractivity contribution in [1.82, 2.24) is 0 Å². The Bertz CT molecular complexity index is 634. The summed E-state index contributed by atoms with van der Waals surface area (Å²) in [5.74, 6) is 0.752. The Morgan fingerprint density at radius 3 is 2.62 bits per heavy atom. The third-order valence-electron chi connectivity index (χ3n) is 4.07. The van der Waals surface area contributed by atoms with E-state index in [1.54, 1.807) is 0 Å². The minimum absolute atomic E-state index is 0.0657. The van der Waals surface area contributed by atoms with Gasteiger partial charge in [-0.2, -0.15) is 0 Å². The van der Waals surface area contributed by atoms with Gasteiger partial charge in [-0.15, -0.1) is 0 Å². The van der Waals surface area contributed by atoms with E-state index in [0.717, 1.165) is 37.1 Å². The van der Waals surface area contributed by atoms with Gasteiger partial charge in [0.25, 0.3) is 5.91 Å². The Labute approximate surface area is 142 Å². The maximum atomic E-state index is 12.0. The summed E-state index contributed by atoms with van der Waals surface area (Å²) >= 11 is 0. The van der Waals surface area contributed by atoms with Crippen molar-refractivity contribution >= 4 is 11.6 Å². The Balaban J connectivity index is 1.40. The molecule has 2 aromatic carbocycles. The van der Waals surface area contributed by atoms with E-state index in [-0.39, 0.29) is 12.0 Å². The fourth-order valence-electron chi connectivity index (χ4n) is 2.75. The van der Waals surface area contributed by atoms with Crippen LogP contribution in [0, 0.1) is 0 Å². The molecule has 1 heterocycles. The van der Waals surface area contributed by atoms with E-state index >= 15 is 0 Å². The molecule has 126 valence electrons. The van der Waals surface area contributed by atoms with Crippen LogP contribution in [0.25, 0.3) is 0 Å². The maximum absolute atomic E-state index is 12.0. The molecule has 4 heteroatoms. The smallest absolute Gasteiger partial charge is 0.253 e. The number of hydrogen-bond acceptors (Lipinski definition) is 3. The molecule has 1 aliphatic heterocycles. The van der Waals surface area contributed by atoms with E-state index in [4.69, 9.17) is 9.47 Å². The fraction of sp³-hybridized carbons (Fsp3) is 0.350. The third kappa shape index (κ3) is 4.83. The molecule has 0 unspecified atom stereocenters.